The van der Waals surface area contributed by atoms with Gasteiger partial charge in [-0.15, -0.1) is 0 Å². The fourth-order valence-electron chi connectivity index (χ4n) is 1.86. The Hall–Kier alpha value is -1.27. The molecule has 0 spiro atoms. The summed E-state index contributed by atoms with van der Waals surface area (Å²) in [6, 6.07) is 4.50. The summed E-state index contributed by atoms with van der Waals surface area (Å²) >= 11 is 5.93. The Morgan fingerprint density at radius 3 is 2.58 bits per heavy atom. The summed E-state index contributed by atoms with van der Waals surface area (Å²) in [6.07, 6.45) is -4.47. The van der Waals surface area contributed by atoms with E-state index in [-0.39, 0.29) is 5.56 Å². The van der Waals surface area contributed by atoms with Crippen molar-refractivity contribution in [1.82, 2.24) is 0 Å². The van der Waals surface area contributed by atoms with Crippen LogP contribution in [-0.2, 0) is 26.0 Å². The van der Waals surface area contributed by atoms with E-state index < -0.39 is 28.4 Å². The highest BCUT2D eigenvalue weighted by atomic mass is 35.5. The van der Waals surface area contributed by atoms with E-state index in [4.69, 9.17) is 16.3 Å². The SMILES string of the molecule is COC(=O)C1(Cl)OC1(C)c1cccc(C(F)(F)F)c1. The Kier molecular flexibility index (Phi) is 3.06. The molecule has 1 aromatic carbocycles. The molecule has 0 amide bonds. The molecule has 104 valence electrons. The van der Waals surface area contributed by atoms with Gasteiger partial charge >= 0.3 is 12.1 Å². The second kappa shape index (κ2) is 4.11. The topological polar surface area (TPSA) is 38.8 Å². The number of benzene rings is 1. The Balaban J connectivity index is 2.37. The first-order valence-electron chi connectivity index (χ1n) is 5.30. The fraction of sp³-hybridized carbons (Fsp3) is 0.417. The smallest absolute Gasteiger partial charge is 0.416 e. The number of hydrogen-bond acceptors (Lipinski definition) is 3. The minimum Gasteiger partial charge on any atom is -0.466 e. The van der Waals surface area contributed by atoms with Crippen LogP contribution in [0, 0.1) is 0 Å². The van der Waals surface area contributed by atoms with Crippen LogP contribution < -0.4 is 0 Å². The molecule has 1 saturated heterocycles. The van der Waals surface area contributed by atoms with Gasteiger partial charge in [-0.25, -0.2) is 4.79 Å². The molecule has 0 bridgehead atoms. The standard InChI is InChI=1S/C12H10ClF3O3/c1-10(11(13,19-10)9(17)18-2)7-4-3-5-8(6-7)12(14,15)16/h3-6H,1-2H3. The second-order valence-electron chi connectivity index (χ2n) is 4.30. The van der Waals surface area contributed by atoms with Crippen LogP contribution in [0.15, 0.2) is 24.3 Å². The minimum atomic E-state index is -4.47. The number of rotatable bonds is 2. The molecule has 1 fully saturated rings. The van der Waals surface area contributed by atoms with E-state index in [1.807, 2.05) is 0 Å². The van der Waals surface area contributed by atoms with E-state index >= 15 is 0 Å². The maximum atomic E-state index is 12.6. The van der Waals surface area contributed by atoms with Crippen LogP contribution in [-0.4, -0.2) is 18.1 Å². The molecule has 0 aliphatic carbocycles. The summed E-state index contributed by atoms with van der Waals surface area (Å²) in [5.41, 5.74) is -1.99. The van der Waals surface area contributed by atoms with E-state index in [0.717, 1.165) is 19.2 Å². The highest BCUT2D eigenvalue weighted by Gasteiger charge is 2.73. The number of epoxide rings is 1. The maximum absolute atomic E-state index is 12.6. The lowest BCUT2D eigenvalue weighted by Gasteiger charge is -2.12. The average Bonchev–Trinajstić information content (AvgIpc) is 2.93. The van der Waals surface area contributed by atoms with Crippen LogP contribution in [0.1, 0.15) is 18.1 Å². The first kappa shape index (κ1) is 14.1. The van der Waals surface area contributed by atoms with Gasteiger partial charge in [-0.05, 0) is 24.6 Å². The van der Waals surface area contributed by atoms with Gasteiger partial charge in [0.05, 0.1) is 12.7 Å². The Bertz CT molecular complexity index is 531. The summed E-state index contributed by atoms with van der Waals surface area (Å²) in [6.45, 7) is 1.44. The third-order valence-electron chi connectivity index (χ3n) is 3.11. The molecule has 3 nitrogen and oxygen atoms in total. The number of methoxy groups -OCH3 is 1. The Morgan fingerprint density at radius 2 is 2.05 bits per heavy atom. The van der Waals surface area contributed by atoms with Gasteiger partial charge in [-0.1, -0.05) is 23.7 Å². The number of ether oxygens (including phenoxy) is 2. The van der Waals surface area contributed by atoms with Crippen LogP contribution >= 0.6 is 11.6 Å². The zero-order chi connectivity index (χ0) is 14.5. The monoisotopic (exact) mass is 294 g/mol. The van der Waals surface area contributed by atoms with Crippen molar-refractivity contribution in [2.75, 3.05) is 7.11 Å². The third-order valence-corrected chi connectivity index (χ3v) is 3.70. The van der Waals surface area contributed by atoms with E-state index in [9.17, 15) is 18.0 Å². The van der Waals surface area contributed by atoms with Crippen LogP contribution in [0.3, 0.4) is 0 Å². The van der Waals surface area contributed by atoms with Crippen LogP contribution in [0.25, 0.3) is 0 Å². The zero-order valence-electron chi connectivity index (χ0n) is 10.0. The summed E-state index contributed by atoms with van der Waals surface area (Å²) < 4.78 is 47.5. The van der Waals surface area contributed by atoms with Crippen LogP contribution in [0.2, 0.25) is 0 Å². The lowest BCUT2D eigenvalue weighted by Crippen LogP contribution is -2.27. The maximum Gasteiger partial charge on any atom is 0.416 e. The summed E-state index contributed by atoms with van der Waals surface area (Å²) in [5, 5.41) is -1.77. The van der Waals surface area contributed by atoms with E-state index in [1.54, 1.807) is 0 Å². The van der Waals surface area contributed by atoms with Gasteiger partial charge in [0.15, 0.2) is 0 Å². The molecule has 1 aliphatic heterocycles. The molecule has 0 aromatic heterocycles. The number of carbonyl (C=O) groups is 1. The van der Waals surface area contributed by atoms with Crippen LogP contribution in [0.4, 0.5) is 13.2 Å². The molecular weight excluding hydrogens is 285 g/mol. The first-order valence-corrected chi connectivity index (χ1v) is 5.68. The highest BCUT2D eigenvalue weighted by Crippen LogP contribution is 2.59. The molecule has 1 heterocycles. The molecule has 1 aromatic rings. The number of halogens is 4. The Labute approximate surface area is 112 Å². The number of hydrogen-bond donors (Lipinski definition) is 0. The van der Waals surface area contributed by atoms with Gasteiger partial charge in [0, 0.05) is 0 Å². The Morgan fingerprint density at radius 1 is 1.42 bits per heavy atom. The van der Waals surface area contributed by atoms with Crippen molar-refractivity contribution >= 4 is 17.6 Å². The van der Waals surface area contributed by atoms with Crippen molar-refractivity contribution in [3.8, 4) is 0 Å². The summed E-state index contributed by atoms with van der Waals surface area (Å²) in [5.74, 6) is -0.839. The average molecular weight is 295 g/mol. The zero-order valence-corrected chi connectivity index (χ0v) is 10.8. The van der Waals surface area contributed by atoms with Gasteiger partial charge in [0.1, 0.15) is 5.60 Å². The molecule has 2 atom stereocenters. The summed E-state index contributed by atoms with van der Waals surface area (Å²) in [7, 11) is 1.13. The normalized spacial score (nSPS) is 30.0. The van der Waals surface area contributed by atoms with Crippen molar-refractivity contribution in [2.24, 2.45) is 0 Å². The molecule has 2 rings (SSSR count). The van der Waals surface area contributed by atoms with Gasteiger partial charge < -0.3 is 9.47 Å². The van der Waals surface area contributed by atoms with Crippen LogP contribution in [0.5, 0.6) is 0 Å². The van der Waals surface area contributed by atoms with Crippen molar-refractivity contribution in [3.63, 3.8) is 0 Å². The second-order valence-corrected chi connectivity index (χ2v) is 4.83. The van der Waals surface area contributed by atoms with Gasteiger partial charge in [0.2, 0.25) is 0 Å². The predicted molar refractivity (Wildman–Crippen MR) is 60.5 cm³/mol. The quantitative estimate of drug-likeness (QED) is 0.478. The number of carbonyl (C=O) groups excluding carboxylic acids is 1. The van der Waals surface area contributed by atoms with E-state index in [1.165, 1.54) is 19.1 Å². The predicted octanol–water partition coefficient (Wildman–Crippen LogP) is 3.06. The van der Waals surface area contributed by atoms with Gasteiger partial charge in [-0.2, -0.15) is 13.2 Å². The summed E-state index contributed by atoms with van der Waals surface area (Å²) in [4.78, 5) is 11.5. The van der Waals surface area contributed by atoms with Crippen molar-refractivity contribution in [2.45, 2.75) is 23.8 Å². The largest absolute Gasteiger partial charge is 0.466 e. The molecule has 0 radical (unpaired) electrons. The molecule has 2 unspecified atom stereocenters. The molecule has 0 saturated carbocycles. The van der Waals surface area contributed by atoms with Gasteiger partial charge in [0.25, 0.3) is 5.06 Å². The molecule has 19 heavy (non-hydrogen) atoms. The lowest BCUT2D eigenvalue weighted by atomic mass is 9.95. The van der Waals surface area contributed by atoms with Crippen molar-refractivity contribution in [3.05, 3.63) is 35.4 Å². The van der Waals surface area contributed by atoms with Gasteiger partial charge in [-0.3, -0.25) is 0 Å². The third kappa shape index (κ3) is 2.08. The van der Waals surface area contributed by atoms with E-state index in [2.05, 4.69) is 4.74 Å². The first-order chi connectivity index (χ1) is 8.65. The van der Waals surface area contributed by atoms with Crippen molar-refractivity contribution < 1.29 is 27.4 Å². The van der Waals surface area contributed by atoms with Crippen molar-refractivity contribution in [1.29, 1.82) is 0 Å². The molecule has 0 N–H and O–H groups in total. The van der Waals surface area contributed by atoms with E-state index in [0.29, 0.717) is 0 Å². The molecule has 1 aliphatic rings. The number of alkyl halides is 4. The number of esters is 1. The molecular formula is C12H10ClF3O3. The fourth-order valence-corrected chi connectivity index (χ4v) is 2.20. The highest BCUT2D eigenvalue weighted by molar-refractivity contribution is 6.35. The molecule has 7 heteroatoms. The minimum absolute atomic E-state index is 0.169. The lowest BCUT2D eigenvalue weighted by molar-refractivity contribution is -0.143.